The molecule has 186 valence electrons. The van der Waals surface area contributed by atoms with Crippen LogP contribution in [0.25, 0.3) is 0 Å². The van der Waals surface area contributed by atoms with E-state index >= 15 is 0 Å². The third kappa shape index (κ3) is 6.37. The number of nitrogens with one attached hydrogen (secondary N) is 2. The number of pyridine rings is 1. The largest absolute Gasteiger partial charge is 0.431 e. The van der Waals surface area contributed by atoms with Gasteiger partial charge in [0.25, 0.3) is 0 Å². The Kier molecular flexibility index (Phi) is 7.97. The summed E-state index contributed by atoms with van der Waals surface area (Å²) in [4.78, 5) is 23.8. The lowest BCUT2D eigenvalue weighted by atomic mass is 10.0. The highest BCUT2D eigenvalue weighted by molar-refractivity contribution is 6.00. The van der Waals surface area contributed by atoms with Gasteiger partial charge in [0.05, 0.1) is 24.5 Å². The zero-order chi connectivity index (χ0) is 24.9. The van der Waals surface area contributed by atoms with Crippen molar-refractivity contribution in [2.45, 2.75) is 37.5 Å². The summed E-state index contributed by atoms with van der Waals surface area (Å²) in [7, 11) is 1.56. The molecule has 1 aromatic heterocycles. The third-order valence-electron chi connectivity index (χ3n) is 5.88. The number of allylic oxidation sites excluding steroid dienone is 1. The number of nitrogen functional groups attached to an aromatic ring is 1. The number of amides is 2. The van der Waals surface area contributed by atoms with E-state index in [0.29, 0.717) is 50.6 Å². The van der Waals surface area contributed by atoms with E-state index < -0.39 is 29.8 Å². The molecule has 1 unspecified atom stereocenters. The Hall–Kier alpha value is -3.35. The number of amidine groups is 1. The van der Waals surface area contributed by atoms with E-state index in [1.807, 2.05) is 0 Å². The average molecular weight is 483 g/mol. The molecule has 10 nitrogen and oxygen atoms in total. The van der Waals surface area contributed by atoms with Gasteiger partial charge in [-0.3, -0.25) is 0 Å². The number of rotatable bonds is 6. The number of hydrogen-bond donors (Lipinski definition) is 4. The standard InChI is InChI=1S/C21H29F3N8O2/c1-31(15-2-5-32(6-3-15)16-8-13(10-25)19(27)28-11-16)20(33)30-18(26)9-17(21(22,23)24)29-14-4-7-34-12-14/h8-11,14-15,25,29H,2-7,12H2,1H3,(H2,27,28)(H2,26,30,33)/b17-9-,25-10?. The summed E-state index contributed by atoms with van der Waals surface area (Å²) in [6.07, 6.45) is 0.437. The second-order valence-electron chi connectivity index (χ2n) is 8.22. The number of piperidine rings is 1. The highest BCUT2D eigenvalue weighted by Gasteiger charge is 2.36. The molecule has 0 spiro atoms. The van der Waals surface area contributed by atoms with E-state index in [0.717, 1.165) is 11.9 Å². The first-order valence-electron chi connectivity index (χ1n) is 10.8. The van der Waals surface area contributed by atoms with Gasteiger partial charge in [0.2, 0.25) is 0 Å². The number of nitrogens with two attached hydrogens (primary N) is 2. The van der Waals surface area contributed by atoms with Crippen LogP contribution < -0.4 is 21.7 Å². The second kappa shape index (κ2) is 10.7. The van der Waals surface area contributed by atoms with Crippen molar-refractivity contribution in [2.75, 3.05) is 44.0 Å². The van der Waals surface area contributed by atoms with Crippen molar-refractivity contribution in [3.8, 4) is 0 Å². The zero-order valence-electron chi connectivity index (χ0n) is 18.8. The summed E-state index contributed by atoms with van der Waals surface area (Å²) in [5.74, 6) is -0.246. The van der Waals surface area contributed by atoms with Crippen molar-refractivity contribution in [1.29, 1.82) is 5.41 Å². The van der Waals surface area contributed by atoms with Gasteiger partial charge in [0.1, 0.15) is 17.4 Å². The molecule has 1 aromatic rings. The highest BCUT2D eigenvalue weighted by Crippen LogP contribution is 2.26. The normalized spacial score (nSPS) is 20.4. The lowest BCUT2D eigenvalue weighted by Gasteiger charge is -2.37. The number of halogens is 3. The SMILES string of the molecule is CN(C(=O)/N=C(N)\C=C(/NC1CCOC1)C(F)(F)F)C1CCN(c2cnc(N)c(C=N)c2)CC1. The number of nitrogens with zero attached hydrogens (tertiary/aromatic N) is 4. The number of carbonyl (C=O) groups is 1. The van der Waals surface area contributed by atoms with Crippen LogP contribution in [0.1, 0.15) is 24.8 Å². The fourth-order valence-electron chi connectivity index (χ4n) is 3.88. The van der Waals surface area contributed by atoms with Crippen LogP contribution in [0, 0.1) is 5.41 Å². The minimum absolute atomic E-state index is 0.149. The van der Waals surface area contributed by atoms with Crippen LogP contribution in [0.3, 0.4) is 0 Å². The van der Waals surface area contributed by atoms with E-state index in [2.05, 4.69) is 20.2 Å². The molecule has 0 saturated carbocycles. The Morgan fingerprint density at radius 3 is 2.68 bits per heavy atom. The van der Waals surface area contributed by atoms with Gasteiger partial charge < -0.3 is 36.7 Å². The van der Waals surface area contributed by atoms with E-state index in [-0.39, 0.29) is 18.5 Å². The lowest BCUT2D eigenvalue weighted by Crippen LogP contribution is -2.45. The maximum atomic E-state index is 13.4. The summed E-state index contributed by atoms with van der Waals surface area (Å²) < 4.78 is 45.2. The van der Waals surface area contributed by atoms with Gasteiger partial charge >= 0.3 is 12.2 Å². The van der Waals surface area contributed by atoms with Gasteiger partial charge in [-0.2, -0.15) is 18.2 Å². The minimum Gasteiger partial charge on any atom is -0.383 e. The summed E-state index contributed by atoms with van der Waals surface area (Å²) in [5, 5.41) is 9.79. The topological polar surface area (TPSA) is 146 Å². The van der Waals surface area contributed by atoms with E-state index in [9.17, 15) is 18.0 Å². The number of aromatic nitrogens is 1. The summed E-state index contributed by atoms with van der Waals surface area (Å²) in [5.41, 5.74) is 11.7. The van der Waals surface area contributed by atoms with Gasteiger partial charge in [-0.15, -0.1) is 0 Å². The molecule has 0 aliphatic carbocycles. The van der Waals surface area contributed by atoms with Gasteiger partial charge in [-0.25, -0.2) is 9.78 Å². The van der Waals surface area contributed by atoms with E-state index in [4.69, 9.17) is 21.6 Å². The Morgan fingerprint density at radius 2 is 2.09 bits per heavy atom. The van der Waals surface area contributed by atoms with Crippen molar-refractivity contribution in [2.24, 2.45) is 10.7 Å². The number of carbonyl (C=O) groups excluding carboxylic acids is 1. The van der Waals surface area contributed by atoms with Crippen LogP contribution in [-0.2, 0) is 4.74 Å². The lowest BCUT2D eigenvalue weighted by molar-refractivity contribution is -0.0976. The monoisotopic (exact) mass is 482 g/mol. The molecule has 6 N–H and O–H groups in total. The number of urea groups is 1. The van der Waals surface area contributed by atoms with Gasteiger partial charge in [0, 0.05) is 50.6 Å². The molecular formula is C21H29F3N8O2. The first-order valence-corrected chi connectivity index (χ1v) is 10.8. The molecule has 34 heavy (non-hydrogen) atoms. The fourth-order valence-corrected chi connectivity index (χ4v) is 3.88. The molecule has 2 fully saturated rings. The van der Waals surface area contributed by atoms with Crippen LogP contribution in [0.2, 0.25) is 0 Å². The number of hydrogen-bond acceptors (Lipinski definition) is 7. The smallest absolute Gasteiger partial charge is 0.383 e. The van der Waals surface area contributed by atoms with Gasteiger partial charge in [-0.1, -0.05) is 0 Å². The molecule has 3 heterocycles. The summed E-state index contributed by atoms with van der Waals surface area (Å²) in [6.45, 7) is 1.79. The van der Waals surface area contributed by atoms with Gasteiger partial charge in [0.15, 0.2) is 0 Å². The first kappa shape index (κ1) is 25.3. The maximum Gasteiger partial charge on any atom is 0.431 e. The van der Waals surface area contributed by atoms with E-state index in [1.165, 1.54) is 4.90 Å². The molecule has 0 aromatic carbocycles. The molecule has 2 aliphatic heterocycles. The van der Waals surface area contributed by atoms with Crippen LogP contribution in [0.4, 0.5) is 29.5 Å². The Morgan fingerprint density at radius 1 is 1.38 bits per heavy atom. The molecule has 0 bridgehead atoms. The summed E-state index contributed by atoms with van der Waals surface area (Å²) >= 11 is 0. The predicted molar refractivity (Wildman–Crippen MR) is 123 cm³/mol. The average Bonchev–Trinajstić information content (AvgIpc) is 3.31. The van der Waals surface area contributed by atoms with Crippen LogP contribution in [0.5, 0.6) is 0 Å². The predicted octanol–water partition coefficient (Wildman–Crippen LogP) is 1.86. The Bertz CT molecular complexity index is 952. The Balaban J connectivity index is 1.61. The maximum absolute atomic E-state index is 13.4. The molecule has 2 aliphatic rings. The van der Waals surface area contributed by atoms with Crippen molar-refractivity contribution in [3.05, 3.63) is 29.6 Å². The molecule has 1 atom stereocenters. The van der Waals surface area contributed by atoms with Crippen molar-refractivity contribution in [3.63, 3.8) is 0 Å². The van der Waals surface area contributed by atoms with Crippen LogP contribution >= 0.6 is 0 Å². The summed E-state index contributed by atoms with van der Waals surface area (Å²) in [6, 6.07) is 0.448. The number of anilines is 2. The zero-order valence-corrected chi connectivity index (χ0v) is 18.8. The molecule has 3 rings (SSSR count). The molecular weight excluding hydrogens is 453 g/mol. The molecule has 0 radical (unpaired) electrons. The highest BCUT2D eigenvalue weighted by atomic mass is 19.4. The van der Waals surface area contributed by atoms with Crippen molar-refractivity contribution in [1.82, 2.24) is 15.2 Å². The molecule has 2 amide bonds. The number of ether oxygens (including phenoxy) is 1. The minimum atomic E-state index is -4.67. The Labute approximate surface area is 195 Å². The number of aliphatic imine (C=N–C) groups is 1. The van der Waals surface area contributed by atoms with Crippen molar-refractivity contribution < 1.29 is 22.7 Å². The third-order valence-corrected chi connectivity index (χ3v) is 5.88. The quantitative estimate of drug-likeness (QED) is 0.358. The van der Waals surface area contributed by atoms with Crippen LogP contribution in [0.15, 0.2) is 29.0 Å². The van der Waals surface area contributed by atoms with Gasteiger partial charge in [-0.05, 0) is 25.3 Å². The van der Waals surface area contributed by atoms with E-state index in [1.54, 1.807) is 19.3 Å². The van der Waals surface area contributed by atoms with Crippen molar-refractivity contribution >= 4 is 29.6 Å². The second-order valence-corrected chi connectivity index (χ2v) is 8.22. The fraction of sp³-hybridized carbons (Fsp3) is 0.524. The molecule has 2 saturated heterocycles. The molecule has 13 heteroatoms. The van der Waals surface area contributed by atoms with Crippen LogP contribution in [-0.4, -0.2) is 79.6 Å². The number of alkyl halides is 3. The first-order chi connectivity index (χ1) is 16.1.